The van der Waals surface area contributed by atoms with Crippen molar-refractivity contribution in [3.05, 3.63) is 66.4 Å². The van der Waals surface area contributed by atoms with Crippen molar-refractivity contribution in [1.29, 1.82) is 0 Å². The number of carbonyl (C=O) groups excluding carboxylic acids is 1. The van der Waals surface area contributed by atoms with E-state index in [2.05, 4.69) is 25.2 Å². The van der Waals surface area contributed by atoms with Gasteiger partial charge in [0.25, 0.3) is 0 Å². The summed E-state index contributed by atoms with van der Waals surface area (Å²) in [5.74, 6) is 0.0765. The number of anilines is 1. The van der Waals surface area contributed by atoms with Crippen LogP contribution in [0, 0.1) is 0 Å². The van der Waals surface area contributed by atoms with Crippen LogP contribution in [0.1, 0.15) is 16.1 Å². The number of hydrogen-bond acceptors (Lipinski definition) is 6. The van der Waals surface area contributed by atoms with Crippen LogP contribution in [0.2, 0.25) is 0 Å². The van der Waals surface area contributed by atoms with Crippen LogP contribution in [0.25, 0.3) is 5.69 Å². The zero-order valence-electron chi connectivity index (χ0n) is 12.5. The Morgan fingerprint density at radius 2 is 2.09 bits per heavy atom. The molecular formula is C16H15N5O2. The second-order valence-corrected chi connectivity index (χ2v) is 4.75. The number of methoxy groups -OCH3 is 1. The number of benzene rings is 1. The number of ether oxygens (including phenoxy) is 1. The number of nitrogens with one attached hydrogen (secondary N) is 1. The van der Waals surface area contributed by atoms with Crippen LogP contribution in [0.4, 0.5) is 5.82 Å². The van der Waals surface area contributed by atoms with Gasteiger partial charge in [-0.25, -0.2) is 9.78 Å². The summed E-state index contributed by atoms with van der Waals surface area (Å²) in [5.41, 5.74) is 2.30. The quantitative estimate of drug-likeness (QED) is 0.727. The Balaban J connectivity index is 1.73. The molecule has 0 fully saturated rings. The first-order chi connectivity index (χ1) is 11.3. The molecule has 2 heterocycles. The molecule has 116 valence electrons. The number of para-hydroxylation sites is 1. The van der Waals surface area contributed by atoms with Crippen LogP contribution in [0.5, 0.6) is 0 Å². The lowest BCUT2D eigenvalue weighted by atomic mass is 10.1. The lowest BCUT2D eigenvalue weighted by Crippen LogP contribution is -2.09. The number of carbonyl (C=O) groups is 1. The number of imidazole rings is 1. The van der Waals surface area contributed by atoms with Crippen molar-refractivity contribution in [2.24, 2.45) is 0 Å². The molecule has 7 nitrogen and oxygen atoms in total. The zero-order chi connectivity index (χ0) is 16.1. The fourth-order valence-corrected chi connectivity index (χ4v) is 2.14. The largest absolute Gasteiger partial charge is 0.464 e. The fraction of sp³-hybridized carbons (Fsp3) is 0.125. The first kappa shape index (κ1) is 14.7. The normalized spacial score (nSPS) is 10.3. The molecular weight excluding hydrogens is 294 g/mol. The molecule has 0 bridgehead atoms. The maximum Gasteiger partial charge on any atom is 0.358 e. The highest BCUT2D eigenvalue weighted by molar-refractivity contribution is 5.86. The Labute approximate surface area is 133 Å². The third kappa shape index (κ3) is 3.34. The maximum atomic E-state index is 11.3. The van der Waals surface area contributed by atoms with E-state index in [-0.39, 0.29) is 5.69 Å². The van der Waals surface area contributed by atoms with E-state index in [1.807, 2.05) is 35.0 Å². The van der Waals surface area contributed by atoms with Crippen LogP contribution >= 0.6 is 0 Å². The number of nitrogens with zero attached hydrogens (tertiary/aromatic N) is 4. The molecule has 0 aliphatic heterocycles. The standard InChI is InChI=1S/C16H15N5O2/c1-23-16(22)13-6-7-15(20-19-13)18-10-12-4-2-3-5-14(12)21-9-8-17-11-21/h2-9,11H,10H2,1H3,(H,18,20). The molecule has 3 rings (SSSR count). The monoisotopic (exact) mass is 309 g/mol. The average Bonchev–Trinajstić information content (AvgIpc) is 3.14. The molecule has 3 aromatic rings. The van der Waals surface area contributed by atoms with Crippen molar-refractivity contribution in [3.8, 4) is 5.69 Å². The van der Waals surface area contributed by atoms with Gasteiger partial charge in [0.15, 0.2) is 5.69 Å². The lowest BCUT2D eigenvalue weighted by molar-refractivity contribution is 0.0593. The van der Waals surface area contributed by atoms with Gasteiger partial charge in [0, 0.05) is 18.9 Å². The molecule has 0 aliphatic rings. The van der Waals surface area contributed by atoms with Crippen molar-refractivity contribution < 1.29 is 9.53 Å². The van der Waals surface area contributed by atoms with Crippen LogP contribution < -0.4 is 5.32 Å². The molecule has 0 saturated carbocycles. The van der Waals surface area contributed by atoms with Gasteiger partial charge in [-0.15, -0.1) is 10.2 Å². The minimum Gasteiger partial charge on any atom is -0.464 e. The summed E-state index contributed by atoms with van der Waals surface area (Å²) in [7, 11) is 1.31. The van der Waals surface area contributed by atoms with Gasteiger partial charge in [0.2, 0.25) is 0 Å². The van der Waals surface area contributed by atoms with Crippen molar-refractivity contribution in [2.45, 2.75) is 6.54 Å². The molecule has 0 saturated heterocycles. The summed E-state index contributed by atoms with van der Waals surface area (Å²) >= 11 is 0. The molecule has 7 heteroatoms. The predicted molar refractivity (Wildman–Crippen MR) is 84.3 cm³/mol. The third-order valence-electron chi connectivity index (χ3n) is 3.29. The Morgan fingerprint density at radius 1 is 1.22 bits per heavy atom. The summed E-state index contributed by atoms with van der Waals surface area (Å²) in [4.78, 5) is 15.4. The molecule has 0 amide bonds. The number of hydrogen-bond donors (Lipinski definition) is 1. The Kier molecular flexibility index (Phi) is 4.28. The van der Waals surface area contributed by atoms with Gasteiger partial charge in [-0.2, -0.15) is 0 Å². The smallest absolute Gasteiger partial charge is 0.358 e. The van der Waals surface area contributed by atoms with Gasteiger partial charge in [-0.3, -0.25) is 0 Å². The SMILES string of the molecule is COC(=O)c1ccc(NCc2ccccc2-n2ccnc2)nn1. The van der Waals surface area contributed by atoms with Crippen LogP contribution in [-0.2, 0) is 11.3 Å². The first-order valence-electron chi connectivity index (χ1n) is 7.00. The molecule has 0 aliphatic carbocycles. The van der Waals surface area contributed by atoms with Crippen LogP contribution in [0.3, 0.4) is 0 Å². The summed E-state index contributed by atoms with van der Waals surface area (Å²) in [6.45, 7) is 0.570. The number of esters is 1. The third-order valence-corrected chi connectivity index (χ3v) is 3.29. The van der Waals surface area contributed by atoms with Gasteiger partial charge < -0.3 is 14.6 Å². The summed E-state index contributed by atoms with van der Waals surface area (Å²) in [6.07, 6.45) is 5.38. The summed E-state index contributed by atoms with van der Waals surface area (Å²) in [5, 5.41) is 11.0. The predicted octanol–water partition coefficient (Wildman–Crippen LogP) is 2.06. The minimum absolute atomic E-state index is 0.178. The van der Waals surface area contributed by atoms with Crippen molar-refractivity contribution in [1.82, 2.24) is 19.7 Å². The maximum absolute atomic E-state index is 11.3. The molecule has 0 radical (unpaired) electrons. The second-order valence-electron chi connectivity index (χ2n) is 4.75. The molecule has 1 N–H and O–H groups in total. The number of rotatable bonds is 5. The van der Waals surface area contributed by atoms with Crippen molar-refractivity contribution in [2.75, 3.05) is 12.4 Å². The average molecular weight is 309 g/mol. The van der Waals surface area contributed by atoms with E-state index >= 15 is 0 Å². The minimum atomic E-state index is -0.505. The van der Waals surface area contributed by atoms with E-state index in [1.54, 1.807) is 24.7 Å². The Bertz CT molecular complexity index is 784. The Morgan fingerprint density at radius 3 is 2.78 bits per heavy atom. The van der Waals surface area contributed by atoms with Gasteiger partial charge in [-0.1, -0.05) is 18.2 Å². The summed E-state index contributed by atoms with van der Waals surface area (Å²) in [6, 6.07) is 11.3. The number of aromatic nitrogens is 4. The highest BCUT2D eigenvalue weighted by atomic mass is 16.5. The molecule has 0 atom stereocenters. The van der Waals surface area contributed by atoms with Crippen LogP contribution in [-0.4, -0.2) is 32.8 Å². The molecule has 0 spiro atoms. The van der Waals surface area contributed by atoms with Crippen molar-refractivity contribution in [3.63, 3.8) is 0 Å². The Hall–Kier alpha value is -3.22. The highest BCUT2D eigenvalue weighted by Crippen LogP contribution is 2.15. The van der Waals surface area contributed by atoms with Gasteiger partial charge in [-0.05, 0) is 23.8 Å². The van der Waals surface area contributed by atoms with E-state index in [0.717, 1.165) is 11.3 Å². The fourth-order valence-electron chi connectivity index (χ4n) is 2.14. The van der Waals surface area contributed by atoms with E-state index < -0.39 is 5.97 Å². The highest BCUT2D eigenvalue weighted by Gasteiger charge is 2.08. The lowest BCUT2D eigenvalue weighted by Gasteiger charge is -2.11. The van der Waals surface area contributed by atoms with E-state index in [4.69, 9.17) is 0 Å². The molecule has 23 heavy (non-hydrogen) atoms. The topological polar surface area (TPSA) is 81.9 Å². The molecule has 0 unspecified atom stereocenters. The molecule has 1 aromatic carbocycles. The van der Waals surface area contributed by atoms with E-state index in [9.17, 15) is 4.79 Å². The van der Waals surface area contributed by atoms with Gasteiger partial charge >= 0.3 is 5.97 Å². The van der Waals surface area contributed by atoms with E-state index in [1.165, 1.54) is 7.11 Å². The summed E-state index contributed by atoms with van der Waals surface area (Å²) < 4.78 is 6.54. The van der Waals surface area contributed by atoms with Crippen LogP contribution in [0.15, 0.2) is 55.1 Å². The molecule has 2 aromatic heterocycles. The van der Waals surface area contributed by atoms with E-state index in [0.29, 0.717) is 12.4 Å². The van der Waals surface area contributed by atoms with Gasteiger partial charge in [0.1, 0.15) is 5.82 Å². The van der Waals surface area contributed by atoms with Crippen molar-refractivity contribution >= 4 is 11.8 Å². The second kappa shape index (κ2) is 6.69. The van der Waals surface area contributed by atoms with Gasteiger partial charge in [0.05, 0.1) is 19.1 Å². The first-order valence-corrected chi connectivity index (χ1v) is 7.00. The zero-order valence-corrected chi connectivity index (χ0v) is 12.5.